The van der Waals surface area contributed by atoms with Gasteiger partial charge in [0.1, 0.15) is 0 Å². The minimum Gasteiger partial charge on any atom is -0.472 e. The summed E-state index contributed by atoms with van der Waals surface area (Å²) in [4.78, 5) is 2.35. The molecule has 1 fully saturated rings. The summed E-state index contributed by atoms with van der Waals surface area (Å²) in [5, 5.41) is 0. The summed E-state index contributed by atoms with van der Waals surface area (Å²) < 4.78 is 5.11. The molecule has 0 aliphatic heterocycles. The van der Waals surface area contributed by atoms with Crippen LogP contribution in [0, 0.1) is 11.8 Å². The average Bonchev–Trinajstić information content (AvgIpc) is 2.70. The molecule has 2 N–H and O–H groups in total. The van der Waals surface area contributed by atoms with Crippen molar-refractivity contribution in [3.8, 4) is 0 Å². The van der Waals surface area contributed by atoms with Gasteiger partial charge in [-0.3, -0.25) is 4.90 Å². The van der Waals surface area contributed by atoms with Crippen molar-refractivity contribution in [1.29, 1.82) is 0 Å². The second-order valence-electron chi connectivity index (χ2n) is 4.72. The van der Waals surface area contributed by atoms with E-state index in [1.807, 2.05) is 6.07 Å². The zero-order valence-electron chi connectivity index (χ0n) is 9.52. The van der Waals surface area contributed by atoms with Crippen molar-refractivity contribution in [2.24, 2.45) is 17.6 Å². The lowest BCUT2D eigenvalue weighted by atomic mass is 10.1. The van der Waals surface area contributed by atoms with Crippen molar-refractivity contribution in [2.75, 3.05) is 20.1 Å². The summed E-state index contributed by atoms with van der Waals surface area (Å²) in [6, 6.07) is 2.31. The van der Waals surface area contributed by atoms with Gasteiger partial charge in [0.2, 0.25) is 0 Å². The first-order valence-electron chi connectivity index (χ1n) is 5.64. The van der Waals surface area contributed by atoms with Gasteiger partial charge in [0.25, 0.3) is 0 Å². The lowest BCUT2D eigenvalue weighted by molar-refractivity contribution is 0.236. The quantitative estimate of drug-likeness (QED) is 0.803. The van der Waals surface area contributed by atoms with Gasteiger partial charge in [0.15, 0.2) is 0 Å². The number of nitrogens with two attached hydrogens (primary N) is 1. The highest BCUT2D eigenvalue weighted by Crippen LogP contribution is 2.39. The van der Waals surface area contributed by atoms with Gasteiger partial charge in [-0.15, -0.1) is 0 Å². The van der Waals surface area contributed by atoms with Crippen LogP contribution in [0.15, 0.2) is 23.0 Å². The summed E-state index contributed by atoms with van der Waals surface area (Å²) in [6.45, 7) is 4.11. The number of likely N-dealkylation sites (N-methyl/N-ethyl adjacent to an activating group) is 1. The third kappa shape index (κ3) is 2.41. The molecule has 15 heavy (non-hydrogen) atoms. The van der Waals surface area contributed by atoms with Crippen LogP contribution in [-0.4, -0.2) is 25.0 Å². The molecule has 1 aromatic heterocycles. The van der Waals surface area contributed by atoms with E-state index >= 15 is 0 Å². The minimum absolute atomic E-state index is 0.302. The SMILES string of the molecule is CC1CC1CN(C)C(CN)c1ccoc1. The summed E-state index contributed by atoms with van der Waals surface area (Å²) >= 11 is 0. The Morgan fingerprint density at radius 1 is 1.67 bits per heavy atom. The van der Waals surface area contributed by atoms with Gasteiger partial charge in [0, 0.05) is 24.7 Å². The Balaban J connectivity index is 1.94. The second-order valence-corrected chi connectivity index (χ2v) is 4.72. The van der Waals surface area contributed by atoms with Gasteiger partial charge in [-0.05, 0) is 31.4 Å². The number of hydrogen-bond donors (Lipinski definition) is 1. The average molecular weight is 208 g/mol. The molecule has 3 heteroatoms. The van der Waals surface area contributed by atoms with E-state index in [2.05, 4.69) is 18.9 Å². The Bertz CT molecular complexity index is 297. The molecular weight excluding hydrogens is 188 g/mol. The van der Waals surface area contributed by atoms with Crippen LogP contribution < -0.4 is 5.73 Å². The first-order valence-corrected chi connectivity index (χ1v) is 5.64. The van der Waals surface area contributed by atoms with E-state index in [1.165, 1.54) is 12.0 Å². The first kappa shape index (κ1) is 10.7. The molecule has 2 rings (SSSR count). The van der Waals surface area contributed by atoms with Crippen molar-refractivity contribution in [3.63, 3.8) is 0 Å². The summed E-state index contributed by atoms with van der Waals surface area (Å²) in [5.74, 6) is 1.77. The fraction of sp³-hybridized carbons (Fsp3) is 0.667. The molecule has 1 aliphatic carbocycles. The number of furan rings is 1. The van der Waals surface area contributed by atoms with Gasteiger partial charge in [-0.1, -0.05) is 6.92 Å². The zero-order chi connectivity index (χ0) is 10.8. The van der Waals surface area contributed by atoms with Crippen LogP contribution in [0.3, 0.4) is 0 Å². The lowest BCUT2D eigenvalue weighted by Gasteiger charge is -2.26. The van der Waals surface area contributed by atoms with Crippen LogP contribution in [0.5, 0.6) is 0 Å². The smallest absolute Gasteiger partial charge is 0.0950 e. The first-order chi connectivity index (χ1) is 7.22. The normalized spacial score (nSPS) is 26.9. The summed E-state index contributed by atoms with van der Waals surface area (Å²) in [7, 11) is 2.15. The molecule has 3 nitrogen and oxygen atoms in total. The Morgan fingerprint density at radius 3 is 2.87 bits per heavy atom. The maximum Gasteiger partial charge on any atom is 0.0950 e. The molecular formula is C12H20N2O. The van der Waals surface area contributed by atoms with Gasteiger partial charge in [0.05, 0.1) is 12.5 Å². The van der Waals surface area contributed by atoms with Crippen LogP contribution in [-0.2, 0) is 0 Å². The second kappa shape index (κ2) is 4.37. The molecule has 0 saturated heterocycles. The van der Waals surface area contributed by atoms with Crippen molar-refractivity contribution >= 4 is 0 Å². The van der Waals surface area contributed by atoms with Crippen LogP contribution >= 0.6 is 0 Å². The largest absolute Gasteiger partial charge is 0.472 e. The molecule has 3 unspecified atom stereocenters. The molecule has 84 valence electrons. The van der Waals surface area contributed by atoms with Crippen LogP contribution in [0.1, 0.15) is 24.9 Å². The van der Waals surface area contributed by atoms with Gasteiger partial charge >= 0.3 is 0 Å². The fourth-order valence-corrected chi connectivity index (χ4v) is 2.19. The topological polar surface area (TPSA) is 42.4 Å². The lowest BCUT2D eigenvalue weighted by Crippen LogP contribution is -2.32. The van der Waals surface area contributed by atoms with E-state index in [4.69, 9.17) is 10.2 Å². The number of rotatable bonds is 5. The highest BCUT2D eigenvalue weighted by molar-refractivity contribution is 5.12. The highest BCUT2D eigenvalue weighted by atomic mass is 16.3. The predicted octanol–water partition coefficient (Wildman–Crippen LogP) is 1.87. The van der Waals surface area contributed by atoms with Gasteiger partial charge in [-0.2, -0.15) is 0 Å². The third-order valence-electron chi connectivity index (χ3n) is 3.48. The molecule has 1 heterocycles. The molecule has 1 saturated carbocycles. The molecule has 0 spiro atoms. The van der Waals surface area contributed by atoms with Gasteiger partial charge in [-0.25, -0.2) is 0 Å². The van der Waals surface area contributed by atoms with E-state index in [1.54, 1.807) is 12.5 Å². The zero-order valence-corrected chi connectivity index (χ0v) is 9.52. The van der Waals surface area contributed by atoms with Crippen LogP contribution in [0.25, 0.3) is 0 Å². The van der Waals surface area contributed by atoms with Crippen LogP contribution in [0.4, 0.5) is 0 Å². The molecule has 3 atom stereocenters. The van der Waals surface area contributed by atoms with Crippen molar-refractivity contribution in [2.45, 2.75) is 19.4 Å². The van der Waals surface area contributed by atoms with E-state index in [0.29, 0.717) is 12.6 Å². The van der Waals surface area contributed by atoms with E-state index in [9.17, 15) is 0 Å². The van der Waals surface area contributed by atoms with E-state index in [0.717, 1.165) is 18.4 Å². The Hall–Kier alpha value is -0.800. The maximum absolute atomic E-state index is 5.81. The van der Waals surface area contributed by atoms with Crippen molar-refractivity contribution in [3.05, 3.63) is 24.2 Å². The predicted molar refractivity (Wildman–Crippen MR) is 60.4 cm³/mol. The Kier molecular flexibility index (Phi) is 3.12. The van der Waals surface area contributed by atoms with E-state index < -0.39 is 0 Å². The monoisotopic (exact) mass is 208 g/mol. The molecule has 0 radical (unpaired) electrons. The number of hydrogen-bond acceptors (Lipinski definition) is 3. The standard InChI is InChI=1S/C12H20N2O/c1-9-5-11(9)7-14(2)12(6-13)10-3-4-15-8-10/h3-4,8-9,11-12H,5-7,13H2,1-2H3. The fourth-order valence-electron chi connectivity index (χ4n) is 2.19. The van der Waals surface area contributed by atoms with Crippen LogP contribution in [0.2, 0.25) is 0 Å². The maximum atomic E-state index is 5.81. The van der Waals surface area contributed by atoms with Crippen molar-refractivity contribution in [1.82, 2.24) is 4.90 Å². The van der Waals surface area contributed by atoms with Crippen molar-refractivity contribution < 1.29 is 4.42 Å². The molecule has 1 aromatic rings. The Morgan fingerprint density at radius 2 is 2.40 bits per heavy atom. The van der Waals surface area contributed by atoms with Gasteiger partial charge < -0.3 is 10.2 Å². The molecule has 0 amide bonds. The molecule has 1 aliphatic rings. The third-order valence-corrected chi connectivity index (χ3v) is 3.48. The summed E-state index contributed by atoms with van der Waals surface area (Å²) in [5.41, 5.74) is 7.00. The summed E-state index contributed by atoms with van der Waals surface area (Å²) in [6.07, 6.45) is 4.88. The van der Waals surface area contributed by atoms with E-state index in [-0.39, 0.29) is 0 Å². The molecule has 0 aromatic carbocycles. The molecule has 0 bridgehead atoms. The highest BCUT2D eigenvalue weighted by Gasteiger charge is 2.34. The number of nitrogens with zero attached hydrogens (tertiary/aromatic N) is 1. The minimum atomic E-state index is 0.302. The Labute approximate surface area is 91.2 Å².